The fourth-order valence-electron chi connectivity index (χ4n) is 1.65. The summed E-state index contributed by atoms with van der Waals surface area (Å²) in [4.78, 5) is 4.17. The summed E-state index contributed by atoms with van der Waals surface area (Å²) < 4.78 is 59.5. The molecule has 0 radical (unpaired) electrons. The zero-order valence-corrected chi connectivity index (χ0v) is 12.4. The molecule has 0 fully saturated rings. The topological polar surface area (TPSA) is 47.0 Å². The van der Waals surface area contributed by atoms with Crippen molar-refractivity contribution in [2.75, 3.05) is 5.75 Å². The quantitative estimate of drug-likeness (QED) is 0.837. The molecule has 0 spiro atoms. The second kappa shape index (κ2) is 6.15. The number of halogens is 3. The Morgan fingerprint density at radius 1 is 1.14 bits per heavy atom. The molecule has 0 aliphatic heterocycles. The van der Waals surface area contributed by atoms with Crippen molar-refractivity contribution < 1.29 is 21.6 Å². The molecule has 0 aliphatic carbocycles. The van der Waals surface area contributed by atoms with Crippen molar-refractivity contribution in [2.45, 2.75) is 18.3 Å². The van der Waals surface area contributed by atoms with Crippen molar-refractivity contribution in [3.63, 3.8) is 0 Å². The molecule has 0 saturated carbocycles. The van der Waals surface area contributed by atoms with Crippen molar-refractivity contribution in [1.29, 1.82) is 0 Å². The van der Waals surface area contributed by atoms with E-state index >= 15 is 0 Å². The van der Waals surface area contributed by atoms with Crippen LogP contribution in [0.5, 0.6) is 0 Å². The third-order valence-electron chi connectivity index (χ3n) is 2.66. The standard InChI is InChI=1S/C13H12F3NO2S2/c14-13(15,16)6-7-21(18,19)9-12-17-11(8-20-12)10-4-2-1-3-5-10/h1-5,8H,6-7,9H2. The molecule has 0 N–H and O–H groups in total. The summed E-state index contributed by atoms with van der Waals surface area (Å²) in [6, 6.07) is 9.16. The number of benzene rings is 1. The van der Waals surface area contributed by atoms with E-state index < -0.39 is 33.9 Å². The number of aromatic nitrogens is 1. The molecule has 114 valence electrons. The molecule has 2 aromatic rings. The van der Waals surface area contributed by atoms with Gasteiger partial charge in [0.1, 0.15) is 10.8 Å². The molecule has 0 atom stereocenters. The van der Waals surface area contributed by atoms with Crippen molar-refractivity contribution >= 4 is 21.2 Å². The van der Waals surface area contributed by atoms with Gasteiger partial charge in [-0.05, 0) is 0 Å². The van der Waals surface area contributed by atoms with Gasteiger partial charge in [0.25, 0.3) is 0 Å². The van der Waals surface area contributed by atoms with Gasteiger partial charge >= 0.3 is 6.18 Å². The number of alkyl halides is 3. The van der Waals surface area contributed by atoms with Crippen LogP contribution in [0, 0.1) is 0 Å². The van der Waals surface area contributed by atoms with E-state index in [1.165, 1.54) is 0 Å². The van der Waals surface area contributed by atoms with E-state index in [-0.39, 0.29) is 0 Å². The van der Waals surface area contributed by atoms with Gasteiger partial charge in [-0.15, -0.1) is 11.3 Å². The minimum atomic E-state index is -4.47. The van der Waals surface area contributed by atoms with Crippen LogP contribution in [0.3, 0.4) is 0 Å². The van der Waals surface area contributed by atoms with Gasteiger partial charge < -0.3 is 0 Å². The number of rotatable bonds is 5. The second-order valence-corrected chi connectivity index (χ2v) is 7.58. The number of hydrogen-bond donors (Lipinski definition) is 0. The molecule has 8 heteroatoms. The second-order valence-electron chi connectivity index (χ2n) is 4.45. The average molecular weight is 335 g/mol. The maximum Gasteiger partial charge on any atom is 0.390 e. The predicted octanol–water partition coefficient (Wildman–Crippen LogP) is 3.68. The largest absolute Gasteiger partial charge is 0.390 e. The fourth-order valence-corrected chi connectivity index (χ4v) is 4.18. The SMILES string of the molecule is O=S(=O)(CCC(F)(F)F)Cc1nc(-c2ccccc2)cs1. The highest BCUT2D eigenvalue weighted by Gasteiger charge is 2.30. The van der Waals surface area contributed by atoms with Crippen LogP contribution in [0.25, 0.3) is 11.3 Å². The molecular formula is C13H12F3NO2S2. The van der Waals surface area contributed by atoms with Gasteiger partial charge in [-0.3, -0.25) is 0 Å². The van der Waals surface area contributed by atoms with Gasteiger partial charge in [-0.2, -0.15) is 13.2 Å². The minimum Gasteiger partial charge on any atom is -0.240 e. The number of thiazole rings is 1. The highest BCUT2D eigenvalue weighted by Crippen LogP contribution is 2.24. The molecule has 0 bridgehead atoms. The smallest absolute Gasteiger partial charge is 0.240 e. The van der Waals surface area contributed by atoms with Crippen LogP contribution in [0.15, 0.2) is 35.7 Å². The van der Waals surface area contributed by atoms with E-state index in [1.807, 2.05) is 30.3 Å². The summed E-state index contributed by atoms with van der Waals surface area (Å²) in [6.07, 6.45) is -5.79. The van der Waals surface area contributed by atoms with Gasteiger partial charge in [-0.25, -0.2) is 13.4 Å². The van der Waals surface area contributed by atoms with Gasteiger partial charge in [0.15, 0.2) is 9.84 Å². The summed E-state index contributed by atoms with van der Waals surface area (Å²) in [5.41, 5.74) is 1.47. The van der Waals surface area contributed by atoms with Crippen LogP contribution >= 0.6 is 11.3 Å². The van der Waals surface area contributed by atoms with E-state index in [1.54, 1.807) is 5.38 Å². The number of hydrogen-bond acceptors (Lipinski definition) is 4. The molecule has 3 nitrogen and oxygen atoms in total. The lowest BCUT2D eigenvalue weighted by atomic mass is 10.2. The van der Waals surface area contributed by atoms with Crippen molar-refractivity contribution in [2.24, 2.45) is 0 Å². The lowest BCUT2D eigenvalue weighted by molar-refractivity contribution is -0.129. The van der Waals surface area contributed by atoms with Gasteiger partial charge in [0.05, 0.1) is 17.9 Å². The Kier molecular flexibility index (Phi) is 4.67. The molecule has 1 heterocycles. The maximum absolute atomic E-state index is 12.1. The molecule has 0 aliphatic rings. The maximum atomic E-state index is 12.1. The normalized spacial score (nSPS) is 12.5. The highest BCUT2D eigenvalue weighted by atomic mass is 32.2. The fraction of sp³-hybridized carbons (Fsp3) is 0.308. The summed E-state index contributed by atoms with van der Waals surface area (Å²) in [5.74, 6) is -1.36. The van der Waals surface area contributed by atoms with Crippen LogP contribution in [-0.2, 0) is 15.6 Å². The monoisotopic (exact) mass is 335 g/mol. The first kappa shape index (κ1) is 16.0. The van der Waals surface area contributed by atoms with Gasteiger partial charge in [0.2, 0.25) is 0 Å². The summed E-state index contributed by atoms with van der Waals surface area (Å²) >= 11 is 1.13. The zero-order valence-electron chi connectivity index (χ0n) is 10.8. The first-order valence-electron chi connectivity index (χ1n) is 6.02. The first-order valence-corrected chi connectivity index (χ1v) is 8.72. The minimum absolute atomic E-state index is 0.302. The Morgan fingerprint density at radius 2 is 1.81 bits per heavy atom. The summed E-state index contributed by atoms with van der Waals surface area (Å²) in [5, 5.41) is 2.00. The summed E-state index contributed by atoms with van der Waals surface area (Å²) in [6.45, 7) is 0. The summed E-state index contributed by atoms with van der Waals surface area (Å²) in [7, 11) is -3.81. The third kappa shape index (κ3) is 5.13. The van der Waals surface area contributed by atoms with Gasteiger partial charge in [0, 0.05) is 10.9 Å². The number of nitrogens with zero attached hydrogens (tertiary/aromatic N) is 1. The van der Waals surface area contributed by atoms with Crippen molar-refractivity contribution in [1.82, 2.24) is 4.98 Å². The highest BCUT2D eigenvalue weighted by molar-refractivity contribution is 7.90. The molecule has 0 amide bonds. The van der Waals surface area contributed by atoms with Crippen LogP contribution in [0.4, 0.5) is 13.2 Å². The van der Waals surface area contributed by atoms with E-state index in [9.17, 15) is 21.6 Å². The predicted molar refractivity (Wildman–Crippen MR) is 75.7 cm³/mol. The Balaban J connectivity index is 2.06. The van der Waals surface area contributed by atoms with E-state index in [4.69, 9.17) is 0 Å². The molecule has 0 unspecified atom stereocenters. The van der Waals surface area contributed by atoms with Crippen LogP contribution in [-0.4, -0.2) is 25.3 Å². The van der Waals surface area contributed by atoms with E-state index in [0.717, 1.165) is 16.9 Å². The Labute approximate surface area is 124 Å². The lowest BCUT2D eigenvalue weighted by Crippen LogP contribution is -2.17. The van der Waals surface area contributed by atoms with E-state index in [2.05, 4.69) is 4.98 Å². The lowest BCUT2D eigenvalue weighted by Gasteiger charge is -2.06. The Morgan fingerprint density at radius 3 is 2.43 bits per heavy atom. The van der Waals surface area contributed by atoms with Crippen molar-refractivity contribution in [3.8, 4) is 11.3 Å². The Bertz CT molecular complexity index is 694. The molecule has 0 saturated heterocycles. The van der Waals surface area contributed by atoms with Crippen LogP contribution in [0.1, 0.15) is 11.4 Å². The molecular weight excluding hydrogens is 323 g/mol. The molecule has 1 aromatic heterocycles. The number of sulfone groups is 1. The third-order valence-corrected chi connectivity index (χ3v) is 5.23. The first-order chi connectivity index (χ1) is 9.75. The molecule has 1 aromatic carbocycles. The van der Waals surface area contributed by atoms with Crippen LogP contribution < -0.4 is 0 Å². The van der Waals surface area contributed by atoms with E-state index in [0.29, 0.717) is 10.7 Å². The molecule has 2 rings (SSSR count). The Hall–Kier alpha value is -1.41. The molecule has 21 heavy (non-hydrogen) atoms. The average Bonchev–Trinajstić information content (AvgIpc) is 2.85. The van der Waals surface area contributed by atoms with Crippen LogP contribution in [0.2, 0.25) is 0 Å². The van der Waals surface area contributed by atoms with Crippen molar-refractivity contribution in [3.05, 3.63) is 40.7 Å². The zero-order chi connectivity index (χ0) is 15.5. The van der Waals surface area contributed by atoms with Gasteiger partial charge in [-0.1, -0.05) is 30.3 Å².